The van der Waals surface area contributed by atoms with E-state index in [1.54, 1.807) is 0 Å². The molecule has 46 heavy (non-hydrogen) atoms. The monoisotopic (exact) mass is 742 g/mol. The molecule has 0 saturated heterocycles. The number of halogens is 17. The van der Waals surface area contributed by atoms with Crippen LogP contribution < -0.4 is 16.6 Å². The number of carbonyl (C=O) groups excluding carboxylic acids is 1. The average molecular weight is 743 g/mol. The van der Waals surface area contributed by atoms with Crippen molar-refractivity contribution in [3.05, 3.63) is 0 Å². The van der Waals surface area contributed by atoms with Crippen molar-refractivity contribution in [3.63, 3.8) is 0 Å². The number of carbonyl (C=O) groups is 1. The minimum atomic E-state index is -8.62. The van der Waals surface area contributed by atoms with Gasteiger partial charge in [-0.3, -0.25) is 0 Å². The highest BCUT2D eigenvalue weighted by molar-refractivity contribution is 7.99. The van der Waals surface area contributed by atoms with Crippen LogP contribution >= 0.6 is 11.8 Å². The van der Waals surface area contributed by atoms with Crippen LogP contribution in [0.15, 0.2) is 0 Å². The molecule has 6 nitrogen and oxygen atoms in total. The van der Waals surface area contributed by atoms with Gasteiger partial charge < -0.3 is 30.8 Å². The number of rotatable bonds is 22. The van der Waals surface area contributed by atoms with Crippen molar-refractivity contribution in [2.75, 3.05) is 51.0 Å². The third kappa shape index (κ3) is 11.3. The normalized spacial score (nSPS) is 14.2. The molecule has 0 aliphatic heterocycles. The molecule has 0 aliphatic carbocycles. The molecule has 24 heteroatoms. The van der Waals surface area contributed by atoms with E-state index in [4.69, 9.17) is 15.2 Å². The van der Waals surface area contributed by atoms with E-state index in [2.05, 4.69) is 5.73 Å². The third-order valence-electron chi connectivity index (χ3n) is 5.44. The number of nitrogens with two attached hydrogens (primary N) is 1. The van der Waals surface area contributed by atoms with E-state index >= 15 is 0 Å². The molecule has 5 N–H and O–H groups in total. The zero-order valence-electron chi connectivity index (χ0n) is 23.4. The quantitative estimate of drug-likeness (QED) is 0.124. The summed E-state index contributed by atoms with van der Waals surface area (Å²) in [4.78, 5) is 10.1. The van der Waals surface area contributed by atoms with Crippen molar-refractivity contribution in [1.29, 1.82) is 0 Å². The van der Waals surface area contributed by atoms with E-state index < -0.39 is 72.2 Å². The average Bonchev–Trinajstić information content (AvgIpc) is 2.91. The van der Waals surface area contributed by atoms with Crippen LogP contribution in [0.1, 0.15) is 32.1 Å². The number of hydrogen-bond donors (Lipinski definition) is 2. The van der Waals surface area contributed by atoms with Crippen LogP contribution in [0, 0.1) is 0 Å². The third-order valence-corrected chi connectivity index (χ3v) is 6.51. The van der Waals surface area contributed by atoms with Gasteiger partial charge in [-0.25, -0.2) is 0 Å². The second-order valence-electron chi connectivity index (χ2n) is 9.06. The van der Waals surface area contributed by atoms with E-state index in [-0.39, 0.29) is 36.8 Å². The standard InChI is InChI=1S/C16H15F17O2S.C6H16N2O2/c17-9(18,5-7-36-6-3-1-2-4-8(34)35)10(19,20)11(21,22)12(23,24)13(25,26)14(27,28)15(29,30)16(31,32)33;7-1-3-9-5-6-10-4-2-8/h1-7H2,(H,34,35);1-8H2. The minimum Gasteiger partial charge on any atom is -0.550 e. The summed E-state index contributed by atoms with van der Waals surface area (Å²) in [5.41, 5.74) is 8.83. The Labute approximate surface area is 254 Å². The number of hydrogen-bond acceptors (Lipinski definition) is 6. The van der Waals surface area contributed by atoms with E-state index in [1.807, 2.05) is 0 Å². The molecule has 0 heterocycles. The Balaban J connectivity index is 0. The molecule has 0 rings (SSSR count). The smallest absolute Gasteiger partial charge is 0.460 e. The molecule has 0 spiro atoms. The van der Waals surface area contributed by atoms with Crippen molar-refractivity contribution in [3.8, 4) is 0 Å². The minimum absolute atomic E-state index is 0.0324. The first-order valence-electron chi connectivity index (χ1n) is 12.7. The molecule has 0 saturated carbocycles. The lowest BCUT2D eigenvalue weighted by molar-refractivity contribution is -0.461. The second kappa shape index (κ2) is 18.3. The number of alkyl halides is 17. The molecule has 0 unspecified atom stereocenters. The number of aliphatic carboxylic acids is 1. The Bertz CT molecular complexity index is 885. The Morgan fingerprint density at radius 1 is 0.609 bits per heavy atom. The summed E-state index contributed by atoms with van der Waals surface area (Å²) in [6.45, 7) is 4.01. The van der Waals surface area contributed by atoms with Gasteiger partial charge in [-0.05, 0) is 30.8 Å². The molecule has 0 bridgehead atoms. The van der Waals surface area contributed by atoms with Crippen LogP contribution in [0.4, 0.5) is 74.6 Å². The Kier molecular flexibility index (Phi) is 18.5. The highest BCUT2D eigenvalue weighted by Crippen LogP contribution is 2.64. The summed E-state index contributed by atoms with van der Waals surface area (Å²) in [7, 11) is 0. The lowest BCUT2D eigenvalue weighted by Crippen LogP contribution is -2.74. The summed E-state index contributed by atoms with van der Waals surface area (Å²) in [5, 5.41) is 10.1. The summed E-state index contributed by atoms with van der Waals surface area (Å²) in [6, 6.07) is 0. The zero-order valence-corrected chi connectivity index (χ0v) is 24.3. The predicted octanol–water partition coefficient (Wildman–Crippen LogP) is 4.65. The summed E-state index contributed by atoms with van der Waals surface area (Å²) >= 11 is 0.288. The van der Waals surface area contributed by atoms with E-state index in [1.165, 1.54) is 0 Å². The Hall–Kier alpha value is -1.53. The first-order valence-corrected chi connectivity index (χ1v) is 13.9. The maximum absolute atomic E-state index is 13.6. The van der Waals surface area contributed by atoms with Crippen molar-refractivity contribution >= 4 is 17.7 Å². The van der Waals surface area contributed by atoms with Crippen molar-refractivity contribution < 1.29 is 99.7 Å². The number of quaternary nitrogens is 1. The molecule has 278 valence electrons. The lowest BCUT2D eigenvalue weighted by Gasteiger charge is -2.42. The number of carboxylic acids is 1. The Morgan fingerprint density at radius 2 is 1.04 bits per heavy atom. The highest BCUT2D eigenvalue weighted by Gasteiger charge is 2.95. The van der Waals surface area contributed by atoms with Gasteiger partial charge in [0.25, 0.3) is 0 Å². The molecule has 0 atom stereocenters. The molecule has 0 fully saturated rings. The van der Waals surface area contributed by atoms with Gasteiger partial charge in [0.2, 0.25) is 0 Å². The molecule has 0 aromatic rings. The van der Waals surface area contributed by atoms with Crippen molar-refractivity contribution in [2.24, 2.45) is 5.73 Å². The van der Waals surface area contributed by atoms with Crippen LogP contribution in [0.25, 0.3) is 0 Å². The fourth-order valence-corrected chi connectivity index (χ4v) is 3.83. The van der Waals surface area contributed by atoms with Gasteiger partial charge in [0.1, 0.15) is 0 Å². The maximum Gasteiger partial charge on any atom is 0.460 e. The van der Waals surface area contributed by atoms with Crippen LogP contribution in [-0.4, -0.2) is 105 Å². The van der Waals surface area contributed by atoms with Gasteiger partial charge in [0.15, 0.2) is 0 Å². The molecule has 0 aromatic carbocycles. The fraction of sp³-hybridized carbons (Fsp3) is 0.955. The summed E-state index contributed by atoms with van der Waals surface area (Å²) in [6.07, 6.45) is -10.5. The molecule has 0 aliphatic rings. The predicted molar refractivity (Wildman–Crippen MR) is 125 cm³/mol. The number of carboxylic acid groups (broad SMARTS) is 1. The van der Waals surface area contributed by atoms with Crippen LogP contribution in [0.5, 0.6) is 0 Å². The zero-order chi connectivity index (χ0) is 36.9. The highest BCUT2D eigenvalue weighted by atomic mass is 32.2. The Morgan fingerprint density at radius 3 is 1.46 bits per heavy atom. The topological polar surface area (TPSA) is 112 Å². The maximum atomic E-state index is 13.6. The number of ether oxygens (including phenoxy) is 2. The second-order valence-corrected chi connectivity index (χ2v) is 10.3. The van der Waals surface area contributed by atoms with Crippen molar-refractivity contribution in [2.45, 2.75) is 79.7 Å². The summed E-state index contributed by atoms with van der Waals surface area (Å²) in [5.74, 6) is -59.1. The van der Waals surface area contributed by atoms with Crippen LogP contribution in [-0.2, 0) is 14.3 Å². The van der Waals surface area contributed by atoms with E-state index in [0.717, 1.165) is 6.54 Å². The number of unbranched alkanes of at least 4 members (excludes halogenated alkanes) is 2. The van der Waals surface area contributed by atoms with Crippen LogP contribution in [0.3, 0.4) is 0 Å². The fourth-order valence-electron chi connectivity index (χ4n) is 2.81. The van der Waals surface area contributed by atoms with Gasteiger partial charge >= 0.3 is 47.6 Å². The molecule has 0 aromatic heterocycles. The van der Waals surface area contributed by atoms with Crippen LogP contribution in [0.2, 0.25) is 0 Å². The van der Waals surface area contributed by atoms with Crippen molar-refractivity contribution in [1.82, 2.24) is 0 Å². The molecular formula is C22H31F17N2O4S. The van der Waals surface area contributed by atoms with E-state index in [0.29, 0.717) is 33.0 Å². The first-order chi connectivity index (χ1) is 20.6. The molecular weight excluding hydrogens is 711 g/mol. The SMILES string of the molecule is NCCOCCOCC[NH3+].O=C([O-])CCCCCSCCC(F)(F)C(F)(F)C(F)(F)C(F)(F)C(F)(F)C(F)(F)C(F)(F)C(F)(F)F. The lowest BCUT2D eigenvalue weighted by atomic mass is 9.88. The largest absolute Gasteiger partial charge is 0.550 e. The summed E-state index contributed by atoms with van der Waals surface area (Å²) < 4.78 is 233. The van der Waals surface area contributed by atoms with E-state index in [9.17, 15) is 84.5 Å². The van der Waals surface area contributed by atoms with Gasteiger partial charge in [0.05, 0.1) is 33.0 Å². The first kappa shape index (κ1) is 46.6. The molecule has 0 radical (unpaired) electrons. The number of thioether (sulfide) groups is 1. The van der Waals surface area contributed by atoms with Gasteiger partial charge in [-0.2, -0.15) is 86.4 Å². The van der Waals surface area contributed by atoms with Gasteiger partial charge in [-0.1, -0.05) is 6.42 Å². The van der Waals surface area contributed by atoms with Gasteiger partial charge in [0, 0.05) is 18.9 Å². The van der Waals surface area contributed by atoms with Gasteiger partial charge in [-0.15, -0.1) is 0 Å². The molecule has 0 amide bonds.